The third-order valence-electron chi connectivity index (χ3n) is 14.8. The van der Waals surface area contributed by atoms with E-state index >= 15 is 0 Å². The van der Waals surface area contributed by atoms with Gasteiger partial charge in [-0.05, 0) is 37.5 Å². The Balaban J connectivity index is -0.00000128. The van der Waals surface area contributed by atoms with Gasteiger partial charge < -0.3 is 9.11 Å². The molecule has 0 aromatic rings. The molecule has 0 saturated heterocycles. The van der Waals surface area contributed by atoms with Crippen LogP contribution in [0.15, 0.2) is 0 Å². The van der Waals surface area contributed by atoms with Crippen LogP contribution in [0.1, 0.15) is 362 Å². The molecule has 71 heavy (non-hydrogen) atoms. The van der Waals surface area contributed by atoms with Crippen LogP contribution in [-0.2, 0) is 29.2 Å². The normalized spacial score (nSPS) is 12.7. The number of hydrogen-bond donors (Lipinski definition) is 0. The summed E-state index contributed by atoms with van der Waals surface area (Å²) in [5.41, 5.74) is 0. The predicted octanol–water partition coefficient (Wildman–Crippen LogP) is 20.1. The van der Waals surface area contributed by atoms with E-state index in [2.05, 4.69) is 36.1 Å². The van der Waals surface area contributed by atoms with Crippen molar-refractivity contribution in [1.82, 2.24) is 0 Å². The molecule has 8 nitrogen and oxygen atoms in total. The van der Waals surface area contributed by atoms with Crippen LogP contribution in [0.2, 0.25) is 0 Å². The number of hydrogen-bond acceptors (Lipinski definition) is 8. The van der Waals surface area contributed by atoms with Gasteiger partial charge in [0, 0.05) is 0 Å². The van der Waals surface area contributed by atoms with Crippen LogP contribution in [0.5, 0.6) is 0 Å². The fraction of sp³-hybridized carbons (Fsp3) is 1.00. The van der Waals surface area contributed by atoms with Gasteiger partial charge in [0.25, 0.3) is 0 Å². The molecule has 0 rings (SSSR count). The molecule has 0 aromatic carbocycles. The van der Waals surface area contributed by atoms with Gasteiger partial charge in [-0.15, -0.1) is 0 Å². The van der Waals surface area contributed by atoms with Gasteiger partial charge in [0.1, 0.15) is 0 Å². The molecule has 424 valence electrons. The van der Waals surface area contributed by atoms with Gasteiger partial charge >= 0.3 is 37.7 Å². The zero-order valence-electron chi connectivity index (χ0n) is 48.1. The van der Waals surface area contributed by atoms with Crippen molar-refractivity contribution in [3.8, 4) is 0 Å². The average Bonchev–Trinajstić information content (AvgIpc) is 3.32. The summed E-state index contributed by atoms with van der Waals surface area (Å²) in [6, 6.07) is 0. The van der Waals surface area contributed by atoms with E-state index in [4.69, 9.17) is 0 Å². The van der Waals surface area contributed by atoms with Crippen LogP contribution < -0.4 is 0 Å². The first kappa shape index (κ1) is 76.2. The predicted molar refractivity (Wildman–Crippen MR) is 307 cm³/mol. The fourth-order valence-electron chi connectivity index (χ4n) is 10.1. The average molecular weight is 1080 g/mol. The molecule has 0 radical (unpaired) electrons. The standard InChI is InChI=1S/2C30H62O4S.Ca/c2*1-3-5-7-9-11-12-13-14-15-16-17-18-19-20-22-24-26-28-30(29-34-35(31,32)33)27-25-23-21-10-8-6-4-2;/h2*30H,3-29H2,1-2H3,(H,31,32,33);/q;;+2/p-2. The molecule has 2 unspecified atom stereocenters. The van der Waals surface area contributed by atoms with Crippen LogP contribution in [0.3, 0.4) is 0 Å². The van der Waals surface area contributed by atoms with Crippen LogP contribution in [0.4, 0.5) is 0 Å². The molecule has 0 aromatic heterocycles. The van der Waals surface area contributed by atoms with Crippen LogP contribution in [-0.4, -0.2) is 76.9 Å². The Morgan fingerprint density at radius 3 is 0.507 bits per heavy atom. The Hall–Kier alpha value is 1.000. The number of rotatable bonds is 58. The summed E-state index contributed by atoms with van der Waals surface area (Å²) in [4.78, 5) is 0. The van der Waals surface area contributed by atoms with Crippen LogP contribution >= 0.6 is 0 Å². The van der Waals surface area contributed by atoms with Gasteiger partial charge in [-0.25, -0.2) is 16.8 Å². The second kappa shape index (κ2) is 61.8. The first-order chi connectivity index (χ1) is 34.0. The molecule has 0 saturated carbocycles. The molecule has 0 aliphatic heterocycles. The first-order valence-electron chi connectivity index (χ1n) is 31.2. The van der Waals surface area contributed by atoms with Crippen molar-refractivity contribution < 1.29 is 34.3 Å². The van der Waals surface area contributed by atoms with E-state index in [-0.39, 0.29) is 62.8 Å². The topological polar surface area (TPSA) is 133 Å². The molecule has 0 aliphatic rings. The maximum Gasteiger partial charge on any atom is 2.00 e. The van der Waals surface area contributed by atoms with Gasteiger partial charge in [0.05, 0.1) is 13.2 Å². The Labute approximate surface area is 475 Å². The van der Waals surface area contributed by atoms with E-state index < -0.39 is 20.8 Å². The minimum absolute atomic E-state index is 0. The van der Waals surface area contributed by atoms with Crippen LogP contribution in [0.25, 0.3) is 0 Å². The first-order valence-corrected chi connectivity index (χ1v) is 33.9. The minimum Gasteiger partial charge on any atom is -0.726 e. The SMILES string of the molecule is CCCCCCCCCCCCCCCCCCCC(CCCCCCCCC)COS(=O)(=O)[O-].CCCCCCCCCCCCCCCCCCCC(CCCCCCCCC)COS(=O)(=O)[O-].[Ca+2]. The molecule has 0 aliphatic carbocycles. The third-order valence-corrected chi connectivity index (χ3v) is 15.6. The molecule has 0 spiro atoms. The van der Waals surface area contributed by atoms with Gasteiger partial charge in [-0.2, -0.15) is 0 Å². The van der Waals surface area contributed by atoms with Crippen molar-refractivity contribution in [2.75, 3.05) is 13.2 Å². The molecule has 0 bridgehead atoms. The molecule has 11 heteroatoms. The Kier molecular flexibility index (Phi) is 66.4. The van der Waals surface area contributed by atoms with Gasteiger partial charge in [0.2, 0.25) is 20.8 Å². The summed E-state index contributed by atoms with van der Waals surface area (Å²) in [5.74, 6) is 0.399. The quantitative estimate of drug-likeness (QED) is 0.0254. The molecule has 0 N–H and O–H groups in total. The second-order valence-electron chi connectivity index (χ2n) is 21.8. The minimum atomic E-state index is -4.58. The summed E-state index contributed by atoms with van der Waals surface area (Å²) in [6.45, 7) is 9.16. The monoisotopic (exact) mass is 1070 g/mol. The van der Waals surface area contributed by atoms with E-state index in [0.29, 0.717) is 0 Å². The van der Waals surface area contributed by atoms with Crippen molar-refractivity contribution in [2.24, 2.45) is 11.8 Å². The van der Waals surface area contributed by atoms with E-state index in [0.717, 1.165) is 51.4 Å². The van der Waals surface area contributed by atoms with Gasteiger partial charge in [-0.3, -0.25) is 8.37 Å². The van der Waals surface area contributed by atoms with Crippen molar-refractivity contribution >= 4 is 58.5 Å². The van der Waals surface area contributed by atoms with Crippen molar-refractivity contribution in [2.45, 2.75) is 362 Å². The third kappa shape index (κ3) is 71.0. The van der Waals surface area contributed by atoms with E-state index in [1.165, 1.54) is 283 Å². The Bertz CT molecular complexity index is 1110. The zero-order valence-corrected chi connectivity index (χ0v) is 52.0. The summed E-state index contributed by atoms with van der Waals surface area (Å²) in [5, 5.41) is 0. The largest absolute Gasteiger partial charge is 2.00 e. The fourth-order valence-corrected chi connectivity index (χ4v) is 10.8. The van der Waals surface area contributed by atoms with Crippen molar-refractivity contribution in [3.05, 3.63) is 0 Å². The molecule has 0 amide bonds. The van der Waals surface area contributed by atoms with E-state index in [1.54, 1.807) is 0 Å². The zero-order chi connectivity index (χ0) is 51.8. The summed E-state index contributed by atoms with van der Waals surface area (Å²) >= 11 is 0. The maximum absolute atomic E-state index is 10.9. The molecular formula is C60H122CaO8S2. The summed E-state index contributed by atoms with van der Waals surface area (Å²) in [6.07, 6.45) is 67.7. The van der Waals surface area contributed by atoms with E-state index in [1.807, 2.05) is 0 Å². The molecular weight excluding hydrogens is 953 g/mol. The van der Waals surface area contributed by atoms with Gasteiger partial charge in [-0.1, -0.05) is 336 Å². The Morgan fingerprint density at radius 1 is 0.254 bits per heavy atom. The Morgan fingerprint density at radius 2 is 0.380 bits per heavy atom. The maximum atomic E-state index is 10.9. The molecule has 2 atom stereocenters. The van der Waals surface area contributed by atoms with Crippen molar-refractivity contribution in [3.63, 3.8) is 0 Å². The molecule has 0 fully saturated rings. The number of unbranched alkanes of at least 4 members (excludes halogenated alkanes) is 44. The van der Waals surface area contributed by atoms with Crippen LogP contribution in [0, 0.1) is 11.8 Å². The van der Waals surface area contributed by atoms with Gasteiger partial charge in [0.15, 0.2) is 0 Å². The van der Waals surface area contributed by atoms with E-state index in [9.17, 15) is 25.9 Å². The summed E-state index contributed by atoms with van der Waals surface area (Å²) < 4.78 is 74.4. The summed E-state index contributed by atoms with van der Waals surface area (Å²) in [7, 11) is -9.15. The molecule has 0 heterocycles. The smallest absolute Gasteiger partial charge is 0.726 e. The second-order valence-corrected chi connectivity index (χ2v) is 23.9. The van der Waals surface area contributed by atoms with Crippen molar-refractivity contribution in [1.29, 1.82) is 0 Å².